The number of aryl methyl sites for hydroxylation is 1. The van der Waals surface area contributed by atoms with Gasteiger partial charge in [0, 0.05) is 16.6 Å². The number of anilines is 2. The molecule has 124 valence electrons. The van der Waals surface area contributed by atoms with Gasteiger partial charge in [-0.3, -0.25) is 9.59 Å². The number of hydrogen-bond acceptors (Lipinski definition) is 3. The van der Waals surface area contributed by atoms with Crippen LogP contribution in [0.25, 0.3) is 0 Å². The molecule has 0 atom stereocenters. The first-order chi connectivity index (χ1) is 11.6. The molecule has 2 amide bonds. The van der Waals surface area contributed by atoms with Gasteiger partial charge in [-0.05, 0) is 42.3 Å². The van der Waals surface area contributed by atoms with Crippen molar-refractivity contribution in [3.05, 3.63) is 52.5 Å². The number of fused-ring (bicyclic) bond motifs is 1. The normalized spacial score (nSPS) is 13.4. The summed E-state index contributed by atoms with van der Waals surface area (Å²) in [7, 11) is 1.55. The van der Waals surface area contributed by atoms with E-state index in [1.165, 1.54) is 4.90 Å². The van der Waals surface area contributed by atoms with Gasteiger partial charge in [-0.25, -0.2) is 0 Å². The lowest BCUT2D eigenvalue weighted by molar-refractivity contribution is -0.121. The molecule has 0 saturated heterocycles. The van der Waals surface area contributed by atoms with Gasteiger partial charge in [-0.2, -0.15) is 0 Å². The van der Waals surface area contributed by atoms with Crippen LogP contribution in [0.1, 0.15) is 12.0 Å². The molecule has 0 aliphatic carbocycles. The van der Waals surface area contributed by atoms with Crippen molar-refractivity contribution in [1.29, 1.82) is 0 Å². The van der Waals surface area contributed by atoms with Crippen LogP contribution in [-0.2, 0) is 16.0 Å². The van der Waals surface area contributed by atoms with E-state index in [1.807, 2.05) is 30.3 Å². The van der Waals surface area contributed by atoms with Crippen molar-refractivity contribution in [2.45, 2.75) is 12.8 Å². The summed E-state index contributed by atoms with van der Waals surface area (Å²) >= 11 is 3.44. The highest BCUT2D eigenvalue weighted by Crippen LogP contribution is 2.30. The minimum absolute atomic E-state index is 0.0223. The molecule has 1 aliphatic rings. The Bertz CT molecular complexity index is 792. The van der Waals surface area contributed by atoms with Crippen LogP contribution in [0.15, 0.2) is 46.9 Å². The number of benzene rings is 2. The number of nitrogens with zero attached hydrogens (tertiary/aromatic N) is 1. The average molecular weight is 389 g/mol. The Hall–Kier alpha value is -2.34. The second-order valence-electron chi connectivity index (χ2n) is 5.50. The van der Waals surface area contributed by atoms with Gasteiger partial charge in [0.25, 0.3) is 0 Å². The fourth-order valence-electron chi connectivity index (χ4n) is 2.78. The highest BCUT2D eigenvalue weighted by atomic mass is 79.9. The third-order valence-electron chi connectivity index (χ3n) is 3.92. The van der Waals surface area contributed by atoms with Gasteiger partial charge in [0.1, 0.15) is 12.3 Å². The first kappa shape index (κ1) is 16.5. The van der Waals surface area contributed by atoms with E-state index in [2.05, 4.69) is 21.2 Å². The van der Waals surface area contributed by atoms with E-state index < -0.39 is 0 Å². The predicted molar refractivity (Wildman–Crippen MR) is 96.4 cm³/mol. The Morgan fingerprint density at radius 1 is 1.25 bits per heavy atom. The van der Waals surface area contributed by atoms with Gasteiger partial charge in [0.15, 0.2) is 0 Å². The Kier molecular flexibility index (Phi) is 4.85. The zero-order chi connectivity index (χ0) is 17.1. The van der Waals surface area contributed by atoms with Crippen molar-refractivity contribution >= 4 is 39.1 Å². The molecule has 3 rings (SSSR count). The standard InChI is InChI=1S/C18H17BrN2O3/c1-24-16-5-3-2-4-14(16)20-17(22)11-21-15-8-7-13(19)10-12(15)6-9-18(21)23/h2-5,7-8,10H,6,9,11H2,1H3,(H,20,22). The van der Waals surface area contributed by atoms with Crippen molar-refractivity contribution in [2.75, 3.05) is 23.9 Å². The molecular formula is C18H17BrN2O3. The lowest BCUT2D eigenvalue weighted by Gasteiger charge is -2.29. The fourth-order valence-corrected chi connectivity index (χ4v) is 3.19. The maximum Gasteiger partial charge on any atom is 0.244 e. The molecule has 1 N–H and O–H groups in total. The number of methoxy groups -OCH3 is 1. The number of halogens is 1. The van der Waals surface area contributed by atoms with Crippen LogP contribution in [0.3, 0.4) is 0 Å². The fraction of sp³-hybridized carbons (Fsp3) is 0.222. The van der Waals surface area contributed by atoms with Crippen LogP contribution in [0, 0.1) is 0 Å². The number of ether oxygens (including phenoxy) is 1. The average Bonchev–Trinajstić information content (AvgIpc) is 2.58. The third-order valence-corrected chi connectivity index (χ3v) is 4.42. The van der Waals surface area contributed by atoms with Crippen molar-refractivity contribution < 1.29 is 14.3 Å². The Balaban J connectivity index is 1.78. The molecular weight excluding hydrogens is 372 g/mol. The van der Waals surface area contributed by atoms with E-state index in [0.29, 0.717) is 24.3 Å². The highest BCUT2D eigenvalue weighted by Gasteiger charge is 2.26. The summed E-state index contributed by atoms with van der Waals surface area (Å²) in [5.41, 5.74) is 2.45. The third kappa shape index (κ3) is 3.43. The zero-order valence-corrected chi connectivity index (χ0v) is 14.8. The van der Waals surface area contributed by atoms with Gasteiger partial charge in [0.2, 0.25) is 11.8 Å². The van der Waals surface area contributed by atoms with Crippen LogP contribution in [0.2, 0.25) is 0 Å². The number of para-hydroxylation sites is 2. The first-order valence-corrected chi connectivity index (χ1v) is 8.39. The number of nitrogens with one attached hydrogen (secondary N) is 1. The smallest absolute Gasteiger partial charge is 0.244 e. The quantitative estimate of drug-likeness (QED) is 0.873. The van der Waals surface area contributed by atoms with Crippen molar-refractivity contribution in [2.24, 2.45) is 0 Å². The number of hydrogen-bond donors (Lipinski definition) is 1. The molecule has 2 aromatic rings. The van der Waals surface area contributed by atoms with Gasteiger partial charge in [-0.1, -0.05) is 28.1 Å². The molecule has 1 aliphatic heterocycles. The van der Waals surface area contributed by atoms with Crippen molar-refractivity contribution in [3.8, 4) is 5.75 Å². The SMILES string of the molecule is COc1ccccc1NC(=O)CN1C(=O)CCc2cc(Br)ccc21. The minimum atomic E-state index is -0.261. The minimum Gasteiger partial charge on any atom is -0.495 e. The summed E-state index contributed by atoms with van der Waals surface area (Å²) in [5.74, 6) is 0.281. The van der Waals surface area contributed by atoms with E-state index in [-0.39, 0.29) is 18.4 Å². The zero-order valence-electron chi connectivity index (χ0n) is 13.2. The van der Waals surface area contributed by atoms with Crippen LogP contribution in [0.5, 0.6) is 5.75 Å². The van der Waals surface area contributed by atoms with Gasteiger partial charge >= 0.3 is 0 Å². The molecule has 0 spiro atoms. The van der Waals surface area contributed by atoms with Crippen molar-refractivity contribution in [3.63, 3.8) is 0 Å². The highest BCUT2D eigenvalue weighted by molar-refractivity contribution is 9.10. The van der Waals surface area contributed by atoms with Gasteiger partial charge < -0.3 is 15.0 Å². The number of amides is 2. The van der Waals surface area contributed by atoms with Crippen LogP contribution in [-0.4, -0.2) is 25.5 Å². The maximum absolute atomic E-state index is 12.4. The van der Waals surface area contributed by atoms with E-state index in [4.69, 9.17) is 4.74 Å². The molecule has 24 heavy (non-hydrogen) atoms. The predicted octanol–water partition coefficient (Wildman–Crippen LogP) is 3.38. The maximum atomic E-state index is 12.4. The van der Waals surface area contributed by atoms with Crippen LogP contribution in [0.4, 0.5) is 11.4 Å². The summed E-state index contributed by atoms with van der Waals surface area (Å²) < 4.78 is 6.19. The summed E-state index contributed by atoms with van der Waals surface area (Å²) in [6.45, 7) is -0.0223. The largest absolute Gasteiger partial charge is 0.495 e. The second-order valence-corrected chi connectivity index (χ2v) is 6.42. The molecule has 1 heterocycles. The molecule has 6 heteroatoms. The summed E-state index contributed by atoms with van der Waals surface area (Å²) in [6.07, 6.45) is 1.10. The summed E-state index contributed by atoms with van der Waals surface area (Å²) in [5, 5.41) is 2.80. The topological polar surface area (TPSA) is 58.6 Å². The molecule has 0 saturated carbocycles. The Morgan fingerprint density at radius 3 is 2.83 bits per heavy atom. The molecule has 5 nitrogen and oxygen atoms in total. The Morgan fingerprint density at radius 2 is 2.04 bits per heavy atom. The monoisotopic (exact) mass is 388 g/mol. The van der Waals surface area contributed by atoms with Crippen LogP contribution >= 0.6 is 15.9 Å². The van der Waals surface area contributed by atoms with E-state index in [9.17, 15) is 9.59 Å². The van der Waals surface area contributed by atoms with Gasteiger partial charge in [-0.15, -0.1) is 0 Å². The second kappa shape index (κ2) is 7.05. The summed E-state index contributed by atoms with van der Waals surface area (Å²) in [4.78, 5) is 26.2. The number of rotatable bonds is 4. The molecule has 2 aromatic carbocycles. The number of carbonyl (C=O) groups is 2. The first-order valence-electron chi connectivity index (χ1n) is 7.60. The lowest BCUT2D eigenvalue weighted by atomic mass is 10.0. The summed E-state index contributed by atoms with van der Waals surface area (Å²) in [6, 6.07) is 12.9. The molecule has 0 fully saturated rings. The van der Waals surface area contributed by atoms with Crippen molar-refractivity contribution in [1.82, 2.24) is 0 Å². The Labute approximate surface area is 148 Å². The van der Waals surface area contributed by atoms with E-state index >= 15 is 0 Å². The molecule has 0 radical (unpaired) electrons. The van der Waals surface area contributed by atoms with E-state index in [0.717, 1.165) is 15.7 Å². The van der Waals surface area contributed by atoms with Gasteiger partial charge in [0.05, 0.1) is 12.8 Å². The molecule has 0 bridgehead atoms. The number of carbonyl (C=O) groups excluding carboxylic acids is 2. The lowest BCUT2D eigenvalue weighted by Crippen LogP contribution is -2.40. The molecule has 0 aromatic heterocycles. The van der Waals surface area contributed by atoms with E-state index in [1.54, 1.807) is 19.2 Å². The van der Waals surface area contributed by atoms with Crippen LogP contribution < -0.4 is 15.0 Å². The molecule has 0 unspecified atom stereocenters.